The Morgan fingerprint density at radius 1 is 1.24 bits per heavy atom. The first-order valence-electron chi connectivity index (χ1n) is 6.47. The van der Waals surface area contributed by atoms with Crippen LogP contribution in [0.1, 0.15) is 25.3 Å². The first-order valence-corrected chi connectivity index (χ1v) is 6.47. The molecule has 114 valence electrons. The number of benzene rings is 1. The second kappa shape index (κ2) is 10.3. The van der Waals surface area contributed by atoms with Crippen molar-refractivity contribution >= 4 is 17.6 Å². The van der Waals surface area contributed by atoms with Crippen LogP contribution in [0.15, 0.2) is 24.3 Å². The van der Waals surface area contributed by atoms with E-state index in [1.807, 2.05) is 36.1 Å². The average Bonchev–Trinajstić information content (AvgIpc) is 2.39. The summed E-state index contributed by atoms with van der Waals surface area (Å²) in [5.41, 5.74) is 2.10. The molecule has 0 aliphatic carbocycles. The van der Waals surface area contributed by atoms with E-state index in [1.165, 1.54) is 0 Å². The van der Waals surface area contributed by atoms with Gasteiger partial charge in [-0.25, -0.2) is 0 Å². The summed E-state index contributed by atoms with van der Waals surface area (Å²) in [7, 11) is 0. The molecule has 0 aliphatic heterocycles. The van der Waals surface area contributed by atoms with Crippen molar-refractivity contribution in [1.29, 1.82) is 5.26 Å². The average molecular weight is 292 g/mol. The van der Waals surface area contributed by atoms with E-state index in [9.17, 15) is 4.79 Å². The molecule has 0 spiro atoms. The molecule has 21 heavy (non-hydrogen) atoms. The number of nitrogens with zero attached hydrogens (tertiary/aromatic N) is 2. The lowest BCUT2D eigenvalue weighted by molar-refractivity contribution is -0.137. The predicted octanol–water partition coefficient (Wildman–Crippen LogP) is 2.28. The number of carboxylic acids is 2. The summed E-state index contributed by atoms with van der Waals surface area (Å²) in [6, 6.07) is 9.88. The molecule has 0 saturated heterocycles. The van der Waals surface area contributed by atoms with Crippen molar-refractivity contribution in [3.05, 3.63) is 29.8 Å². The van der Waals surface area contributed by atoms with Gasteiger partial charge in [0.1, 0.15) is 0 Å². The zero-order valence-electron chi connectivity index (χ0n) is 12.2. The number of nitriles is 1. The Morgan fingerprint density at radius 2 is 1.81 bits per heavy atom. The minimum Gasteiger partial charge on any atom is -0.481 e. The number of anilines is 1. The molecule has 0 unspecified atom stereocenters. The van der Waals surface area contributed by atoms with Gasteiger partial charge in [-0.3, -0.25) is 9.59 Å². The molecule has 6 nitrogen and oxygen atoms in total. The van der Waals surface area contributed by atoms with Crippen LogP contribution in [0.2, 0.25) is 0 Å². The normalized spacial score (nSPS) is 9.00. The first kappa shape index (κ1) is 18.4. The number of aliphatic carboxylic acids is 2. The molecule has 0 bridgehead atoms. The molecular formula is C15H20N2O4. The highest BCUT2D eigenvalue weighted by molar-refractivity contribution is 5.68. The van der Waals surface area contributed by atoms with E-state index in [-0.39, 0.29) is 6.42 Å². The maximum absolute atomic E-state index is 10.6. The van der Waals surface area contributed by atoms with Crippen LogP contribution in [0.4, 0.5) is 5.69 Å². The molecule has 1 rings (SSSR count). The van der Waals surface area contributed by atoms with Gasteiger partial charge in [-0.15, -0.1) is 0 Å². The molecule has 2 N–H and O–H groups in total. The van der Waals surface area contributed by atoms with Gasteiger partial charge in [0.25, 0.3) is 5.97 Å². The van der Waals surface area contributed by atoms with E-state index in [2.05, 4.69) is 6.07 Å². The minimum atomic E-state index is -0.833. The zero-order chi connectivity index (χ0) is 16.3. The van der Waals surface area contributed by atoms with Crippen molar-refractivity contribution in [2.45, 2.75) is 26.7 Å². The third-order valence-corrected chi connectivity index (χ3v) is 2.55. The molecule has 0 aliphatic rings. The fourth-order valence-electron chi connectivity index (χ4n) is 1.69. The maximum Gasteiger partial charge on any atom is 0.305 e. The fourth-order valence-corrected chi connectivity index (χ4v) is 1.69. The van der Waals surface area contributed by atoms with Gasteiger partial charge < -0.3 is 15.1 Å². The molecular weight excluding hydrogens is 272 g/mol. The van der Waals surface area contributed by atoms with Gasteiger partial charge in [-0.2, -0.15) is 5.26 Å². The van der Waals surface area contributed by atoms with Gasteiger partial charge in [-0.05, 0) is 18.6 Å². The van der Waals surface area contributed by atoms with Crippen LogP contribution in [0.3, 0.4) is 0 Å². The monoisotopic (exact) mass is 292 g/mol. The third-order valence-electron chi connectivity index (χ3n) is 2.55. The second-order valence-electron chi connectivity index (χ2n) is 4.34. The molecule has 0 amide bonds. The lowest BCUT2D eigenvalue weighted by Gasteiger charge is -2.24. The molecule has 1 aromatic carbocycles. The van der Waals surface area contributed by atoms with E-state index in [1.54, 1.807) is 0 Å². The summed E-state index contributed by atoms with van der Waals surface area (Å²) < 4.78 is 0. The van der Waals surface area contributed by atoms with Crippen LogP contribution in [0.5, 0.6) is 0 Å². The Bertz CT molecular complexity index is 505. The molecule has 0 heterocycles. The minimum absolute atomic E-state index is 0.0831. The molecule has 6 heteroatoms. The quantitative estimate of drug-likeness (QED) is 0.834. The van der Waals surface area contributed by atoms with E-state index in [4.69, 9.17) is 20.3 Å². The van der Waals surface area contributed by atoms with E-state index in [0.717, 1.165) is 18.2 Å². The number of carboxylic acid groups (broad SMARTS) is 2. The molecule has 0 radical (unpaired) electrons. The van der Waals surface area contributed by atoms with Crippen LogP contribution in [-0.4, -0.2) is 35.2 Å². The molecule has 0 atom stereocenters. The summed E-state index contributed by atoms with van der Waals surface area (Å²) in [5, 5.41) is 24.7. The highest BCUT2D eigenvalue weighted by Gasteiger charge is 2.10. The van der Waals surface area contributed by atoms with Gasteiger partial charge >= 0.3 is 5.97 Å². The largest absolute Gasteiger partial charge is 0.481 e. The van der Waals surface area contributed by atoms with Gasteiger partial charge in [0, 0.05) is 25.7 Å². The van der Waals surface area contributed by atoms with Crippen LogP contribution < -0.4 is 4.90 Å². The Morgan fingerprint density at radius 3 is 2.29 bits per heavy atom. The zero-order valence-corrected chi connectivity index (χ0v) is 12.2. The lowest BCUT2D eigenvalue weighted by atomic mass is 10.1. The number of hydrogen-bond donors (Lipinski definition) is 2. The lowest BCUT2D eigenvalue weighted by Crippen LogP contribution is -2.27. The van der Waals surface area contributed by atoms with Crippen LogP contribution in [-0.2, 0) is 9.59 Å². The van der Waals surface area contributed by atoms with Crippen molar-refractivity contribution in [1.82, 2.24) is 0 Å². The number of para-hydroxylation sites is 1. The fraction of sp³-hybridized carbons (Fsp3) is 0.400. The number of carbonyl (C=O) groups is 2. The van der Waals surface area contributed by atoms with Crippen LogP contribution in [0, 0.1) is 18.3 Å². The first-order chi connectivity index (χ1) is 9.88. The second-order valence-corrected chi connectivity index (χ2v) is 4.34. The van der Waals surface area contributed by atoms with Crippen molar-refractivity contribution < 1.29 is 19.8 Å². The van der Waals surface area contributed by atoms with E-state index < -0.39 is 11.9 Å². The van der Waals surface area contributed by atoms with Crippen LogP contribution in [0.25, 0.3) is 0 Å². The third kappa shape index (κ3) is 9.05. The smallest absolute Gasteiger partial charge is 0.305 e. The van der Waals surface area contributed by atoms with Crippen molar-refractivity contribution in [3.63, 3.8) is 0 Å². The number of rotatable bonds is 6. The molecule has 0 fully saturated rings. The van der Waals surface area contributed by atoms with Gasteiger partial charge in [-0.1, -0.05) is 18.2 Å². The van der Waals surface area contributed by atoms with Crippen molar-refractivity contribution in [3.8, 4) is 6.07 Å². The summed E-state index contributed by atoms with van der Waals surface area (Å²) >= 11 is 0. The van der Waals surface area contributed by atoms with Crippen molar-refractivity contribution in [2.75, 3.05) is 18.0 Å². The molecule has 0 saturated carbocycles. The van der Waals surface area contributed by atoms with Crippen molar-refractivity contribution in [2.24, 2.45) is 0 Å². The Kier molecular flexibility index (Phi) is 9.02. The topological polar surface area (TPSA) is 102 Å². The Hall–Kier alpha value is -2.55. The van der Waals surface area contributed by atoms with Gasteiger partial charge in [0.2, 0.25) is 0 Å². The van der Waals surface area contributed by atoms with Gasteiger partial charge in [0.15, 0.2) is 0 Å². The summed E-state index contributed by atoms with van der Waals surface area (Å²) in [6.45, 7) is 4.06. The standard InChI is InChI=1S/C13H16N2O2.C2H4O2/c1-11-5-2-3-6-12(11)15(9-4-8-14)10-7-13(16)17;1-2(3)4/h2-3,5-6H,4,7,9-10H2,1H3,(H,16,17);1H3,(H,3,4). The maximum atomic E-state index is 10.6. The van der Waals surface area contributed by atoms with E-state index >= 15 is 0 Å². The summed E-state index contributed by atoms with van der Waals surface area (Å²) in [5.74, 6) is -1.65. The van der Waals surface area contributed by atoms with Crippen LogP contribution >= 0.6 is 0 Å². The summed E-state index contributed by atoms with van der Waals surface area (Å²) in [6.07, 6.45) is 0.480. The van der Waals surface area contributed by atoms with Gasteiger partial charge in [0.05, 0.1) is 18.9 Å². The van der Waals surface area contributed by atoms with E-state index in [0.29, 0.717) is 19.5 Å². The predicted molar refractivity (Wildman–Crippen MR) is 79.2 cm³/mol. The highest BCUT2D eigenvalue weighted by atomic mass is 16.4. The molecule has 0 aromatic heterocycles. The molecule has 1 aromatic rings. The number of hydrogen-bond acceptors (Lipinski definition) is 4. The summed E-state index contributed by atoms with van der Waals surface area (Å²) in [4.78, 5) is 21.6. The Balaban J connectivity index is 0.000000885. The number of aryl methyl sites for hydroxylation is 1. The highest BCUT2D eigenvalue weighted by Crippen LogP contribution is 2.19. The SMILES string of the molecule is CC(=O)O.Cc1ccccc1N(CCC#N)CCC(=O)O. The Labute approximate surface area is 124 Å².